The first-order chi connectivity index (χ1) is 18.2. The molecule has 0 unspecified atom stereocenters. The van der Waals surface area contributed by atoms with Gasteiger partial charge in [-0.2, -0.15) is 0 Å². The van der Waals surface area contributed by atoms with Gasteiger partial charge in [0.25, 0.3) is 0 Å². The number of carbonyl (C=O) groups excluding carboxylic acids is 1. The Morgan fingerprint density at radius 3 is 2.38 bits per heavy atom. The third-order valence-corrected chi connectivity index (χ3v) is 13.9. The fourth-order valence-corrected chi connectivity index (χ4v) is 12.0. The predicted molar refractivity (Wildman–Crippen MR) is 154 cm³/mol. The Labute approximate surface area is 234 Å². The summed E-state index contributed by atoms with van der Waals surface area (Å²) < 4.78 is 5.65. The summed E-state index contributed by atoms with van der Waals surface area (Å²) in [5.41, 5.74) is 1.30. The van der Waals surface area contributed by atoms with Crippen LogP contribution in [0.2, 0.25) is 0 Å². The van der Waals surface area contributed by atoms with Crippen molar-refractivity contribution in [3.05, 3.63) is 41.9 Å². The van der Waals surface area contributed by atoms with Crippen LogP contribution in [0.4, 0.5) is 0 Å². The van der Waals surface area contributed by atoms with E-state index in [0.29, 0.717) is 23.7 Å². The Morgan fingerprint density at radius 1 is 1.00 bits per heavy atom. The van der Waals surface area contributed by atoms with Crippen LogP contribution in [-0.4, -0.2) is 16.9 Å². The topological polar surface area (TPSA) is 67.5 Å². The lowest BCUT2D eigenvalue weighted by Crippen LogP contribution is -2.67. The molecular weight excluding hydrogens is 484 g/mol. The molecule has 39 heavy (non-hydrogen) atoms. The summed E-state index contributed by atoms with van der Waals surface area (Å²) in [5, 5.41) is 10.6. The first-order valence-electron chi connectivity index (χ1n) is 15.4. The first kappa shape index (κ1) is 27.1. The van der Waals surface area contributed by atoms with Crippen LogP contribution in [0.15, 0.2) is 40.5 Å². The zero-order chi connectivity index (χ0) is 28.2. The molecule has 212 valence electrons. The van der Waals surface area contributed by atoms with Crippen LogP contribution >= 0.6 is 0 Å². The van der Waals surface area contributed by atoms with Crippen LogP contribution in [0, 0.1) is 56.7 Å². The maximum atomic E-state index is 13.9. The number of rotatable bonds is 3. The number of carboxylic acid groups (broad SMARTS) is 1. The molecule has 1 aromatic rings. The summed E-state index contributed by atoms with van der Waals surface area (Å²) in [6.07, 6.45) is 12.4. The molecule has 4 heteroatoms. The molecule has 5 aliphatic carbocycles. The van der Waals surface area contributed by atoms with Gasteiger partial charge in [0.15, 0.2) is 5.78 Å². The Kier molecular flexibility index (Phi) is 5.88. The molecule has 0 spiro atoms. The summed E-state index contributed by atoms with van der Waals surface area (Å²) in [7, 11) is 0. The SMILES string of the molecule is C=C(C)[C@@H]1CC[C@]2(C(=O)O)CC[C@]3(C)[C@H](CC[C@@H]4[C@@]5(C)C/C(=C/c6ccco6)C(=O)C(C)(C)[C@H]5CC[C@]43C)[C@H]12. The molecule has 9 atom stereocenters. The smallest absolute Gasteiger partial charge is 0.309 e. The van der Waals surface area contributed by atoms with Crippen molar-refractivity contribution in [1.82, 2.24) is 0 Å². The van der Waals surface area contributed by atoms with Gasteiger partial charge in [-0.3, -0.25) is 9.59 Å². The Morgan fingerprint density at radius 2 is 1.74 bits per heavy atom. The van der Waals surface area contributed by atoms with Gasteiger partial charge in [-0.05, 0) is 134 Å². The zero-order valence-electron chi connectivity index (χ0n) is 24.9. The standard InChI is InChI=1S/C35H48O4/c1-21(2)24-12-15-35(30(37)38)17-16-33(6)25(28(24)35)10-11-27-32(5)20-22(19-23-9-8-18-39-23)29(36)31(3,4)26(32)13-14-34(27,33)7/h8-9,18-19,24-28H,1,10-17,20H2,2-7H3,(H,37,38)/b22-19-/t24-,25+,26+,27+,28-,32-,33+,34+,35-/m0/s1. The predicted octanol–water partition coefficient (Wildman–Crippen LogP) is 8.58. The van der Waals surface area contributed by atoms with Crippen molar-refractivity contribution in [2.75, 3.05) is 0 Å². The van der Waals surface area contributed by atoms with Crippen LogP contribution in [0.5, 0.6) is 0 Å². The van der Waals surface area contributed by atoms with Crippen molar-refractivity contribution >= 4 is 17.8 Å². The van der Waals surface area contributed by atoms with Crippen LogP contribution in [0.25, 0.3) is 6.08 Å². The molecule has 1 heterocycles. The molecule has 1 aromatic heterocycles. The zero-order valence-corrected chi connectivity index (χ0v) is 24.9. The van der Waals surface area contributed by atoms with E-state index in [2.05, 4.69) is 48.1 Å². The molecule has 5 saturated carbocycles. The molecule has 0 bridgehead atoms. The van der Waals surface area contributed by atoms with Crippen molar-refractivity contribution in [3.63, 3.8) is 0 Å². The van der Waals surface area contributed by atoms with Gasteiger partial charge in [0.05, 0.1) is 11.7 Å². The van der Waals surface area contributed by atoms with Crippen LogP contribution in [0.1, 0.15) is 105 Å². The van der Waals surface area contributed by atoms with Crippen molar-refractivity contribution in [2.45, 2.75) is 99.3 Å². The highest BCUT2D eigenvalue weighted by Gasteiger charge is 2.72. The van der Waals surface area contributed by atoms with Gasteiger partial charge in [-0.1, -0.05) is 46.8 Å². The molecule has 4 nitrogen and oxygen atoms in total. The van der Waals surface area contributed by atoms with Crippen molar-refractivity contribution < 1.29 is 19.1 Å². The number of aliphatic carboxylic acids is 1. The van der Waals surface area contributed by atoms with Crippen molar-refractivity contribution in [1.29, 1.82) is 0 Å². The maximum absolute atomic E-state index is 13.9. The van der Waals surface area contributed by atoms with Crippen LogP contribution in [-0.2, 0) is 9.59 Å². The normalized spacial score (nSPS) is 47.6. The maximum Gasteiger partial charge on any atom is 0.309 e. The number of carbonyl (C=O) groups is 2. The second kappa shape index (κ2) is 8.46. The summed E-state index contributed by atoms with van der Waals surface area (Å²) in [6, 6.07) is 3.83. The van der Waals surface area contributed by atoms with Crippen LogP contribution < -0.4 is 0 Å². The fourth-order valence-electron chi connectivity index (χ4n) is 12.0. The van der Waals surface area contributed by atoms with Crippen molar-refractivity contribution in [2.24, 2.45) is 56.7 Å². The van der Waals surface area contributed by atoms with E-state index in [-0.39, 0.29) is 27.9 Å². The average Bonchev–Trinajstić information content (AvgIpc) is 3.51. The van der Waals surface area contributed by atoms with Gasteiger partial charge in [-0.25, -0.2) is 0 Å². The van der Waals surface area contributed by atoms with E-state index in [4.69, 9.17) is 4.42 Å². The van der Waals surface area contributed by atoms with E-state index in [1.54, 1.807) is 6.26 Å². The van der Waals surface area contributed by atoms with Crippen molar-refractivity contribution in [3.8, 4) is 0 Å². The number of ketones is 1. The fraction of sp³-hybridized carbons (Fsp3) is 0.714. The Balaban J connectivity index is 1.42. The number of fused-ring (bicyclic) bond motifs is 7. The minimum absolute atomic E-state index is 0.0155. The molecule has 0 saturated heterocycles. The average molecular weight is 533 g/mol. The van der Waals surface area contributed by atoms with E-state index in [1.165, 1.54) is 5.57 Å². The minimum Gasteiger partial charge on any atom is -0.481 e. The summed E-state index contributed by atoms with van der Waals surface area (Å²) in [5.74, 6) is 2.23. The van der Waals surface area contributed by atoms with E-state index in [9.17, 15) is 14.7 Å². The number of Topliss-reactive ketones (excluding diaryl/α,β-unsaturated/α-hetero) is 1. The number of allylic oxidation sites excluding steroid dienone is 2. The van der Waals surface area contributed by atoms with Gasteiger partial charge in [0, 0.05) is 5.41 Å². The highest BCUT2D eigenvalue weighted by atomic mass is 16.4. The molecule has 0 amide bonds. The van der Waals surface area contributed by atoms with E-state index >= 15 is 0 Å². The molecule has 0 aromatic carbocycles. The second-order valence-corrected chi connectivity index (χ2v) is 15.6. The van der Waals surface area contributed by atoms with Gasteiger partial charge in [0.1, 0.15) is 5.76 Å². The minimum atomic E-state index is -0.587. The molecule has 6 rings (SSSR count). The third kappa shape index (κ3) is 3.35. The summed E-state index contributed by atoms with van der Waals surface area (Å²) in [4.78, 5) is 26.8. The van der Waals surface area contributed by atoms with E-state index < -0.39 is 16.8 Å². The molecule has 0 radical (unpaired) electrons. The van der Waals surface area contributed by atoms with Gasteiger partial charge >= 0.3 is 5.97 Å². The Bertz CT molecular complexity index is 1240. The highest BCUT2D eigenvalue weighted by molar-refractivity contribution is 6.04. The van der Waals surface area contributed by atoms with E-state index in [1.807, 2.05) is 18.2 Å². The number of furan rings is 1. The molecule has 0 aliphatic heterocycles. The van der Waals surface area contributed by atoms with Gasteiger partial charge < -0.3 is 9.52 Å². The molecular formula is C35H48O4. The Hall–Kier alpha value is -2.10. The van der Waals surface area contributed by atoms with Crippen LogP contribution in [0.3, 0.4) is 0 Å². The molecule has 1 N–H and O–H groups in total. The number of hydrogen-bond acceptors (Lipinski definition) is 3. The highest BCUT2D eigenvalue weighted by Crippen LogP contribution is 2.77. The van der Waals surface area contributed by atoms with Gasteiger partial charge in [-0.15, -0.1) is 0 Å². The number of carboxylic acids is 1. The number of hydrogen-bond donors (Lipinski definition) is 1. The van der Waals surface area contributed by atoms with Gasteiger partial charge in [0.2, 0.25) is 0 Å². The quantitative estimate of drug-likeness (QED) is 0.313. The molecule has 5 aliphatic rings. The lowest BCUT2D eigenvalue weighted by molar-refractivity contribution is -0.231. The lowest BCUT2D eigenvalue weighted by atomic mass is 9.32. The monoisotopic (exact) mass is 532 g/mol. The first-order valence-corrected chi connectivity index (χ1v) is 15.4. The van der Waals surface area contributed by atoms with E-state index in [0.717, 1.165) is 69.1 Å². The second-order valence-electron chi connectivity index (χ2n) is 15.6. The summed E-state index contributed by atoms with van der Waals surface area (Å²) in [6.45, 7) is 18.4. The molecule has 5 fully saturated rings. The largest absolute Gasteiger partial charge is 0.481 e. The summed E-state index contributed by atoms with van der Waals surface area (Å²) >= 11 is 0. The third-order valence-electron chi connectivity index (χ3n) is 13.9. The lowest BCUT2D eigenvalue weighted by Gasteiger charge is -2.72.